The van der Waals surface area contributed by atoms with Crippen LogP contribution in [0.15, 0.2) is 0 Å². The second-order valence-electron chi connectivity index (χ2n) is 4.90. The Hall–Kier alpha value is -0.0800. The minimum atomic E-state index is -0.151. The van der Waals surface area contributed by atoms with Crippen LogP contribution >= 0.6 is 0 Å². The van der Waals surface area contributed by atoms with Crippen molar-refractivity contribution in [3.63, 3.8) is 0 Å². The fourth-order valence-electron chi connectivity index (χ4n) is 2.02. The molecule has 1 atom stereocenters. The van der Waals surface area contributed by atoms with Crippen LogP contribution in [-0.4, -0.2) is 24.4 Å². The van der Waals surface area contributed by atoms with Crippen molar-refractivity contribution in [1.82, 2.24) is 0 Å². The van der Waals surface area contributed by atoms with Crippen LogP contribution < -0.4 is 0 Å². The van der Waals surface area contributed by atoms with Crippen molar-refractivity contribution in [2.75, 3.05) is 13.2 Å². The molecular weight excluding hydrogens is 212 g/mol. The summed E-state index contributed by atoms with van der Waals surface area (Å²) >= 11 is 0. The summed E-state index contributed by atoms with van der Waals surface area (Å²) in [6.07, 6.45) is 12.2. The Labute approximate surface area is 108 Å². The van der Waals surface area contributed by atoms with Gasteiger partial charge in [-0.15, -0.1) is 0 Å². The zero-order valence-electron chi connectivity index (χ0n) is 11.9. The molecule has 0 fully saturated rings. The van der Waals surface area contributed by atoms with Crippen LogP contribution in [0.4, 0.5) is 0 Å². The van der Waals surface area contributed by atoms with Gasteiger partial charge in [-0.05, 0) is 19.8 Å². The summed E-state index contributed by atoms with van der Waals surface area (Å²) in [7, 11) is 0. The summed E-state index contributed by atoms with van der Waals surface area (Å²) in [5, 5.41) is 9.67. The fraction of sp³-hybridized carbons (Fsp3) is 1.00. The molecular formula is C15H32O2. The van der Waals surface area contributed by atoms with Crippen molar-refractivity contribution in [2.24, 2.45) is 0 Å². The molecule has 0 aromatic rings. The lowest BCUT2D eigenvalue weighted by Crippen LogP contribution is -2.10. The predicted octanol–water partition coefficient (Wildman–Crippen LogP) is 4.30. The number of aliphatic hydroxyl groups excluding tert-OH is 1. The quantitative estimate of drug-likeness (QED) is 0.489. The Morgan fingerprint density at radius 2 is 1.41 bits per heavy atom. The van der Waals surface area contributed by atoms with Crippen molar-refractivity contribution in [1.29, 1.82) is 0 Å². The van der Waals surface area contributed by atoms with Crippen LogP contribution in [-0.2, 0) is 4.74 Å². The van der Waals surface area contributed by atoms with Crippen molar-refractivity contribution in [3.05, 3.63) is 0 Å². The summed E-state index contributed by atoms with van der Waals surface area (Å²) in [4.78, 5) is 0. The van der Waals surface area contributed by atoms with E-state index in [1.165, 1.54) is 51.4 Å². The smallest absolute Gasteiger partial charge is 0.0562 e. The summed E-state index contributed by atoms with van der Waals surface area (Å²) < 4.78 is 5.23. The van der Waals surface area contributed by atoms with Crippen LogP contribution in [0.2, 0.25) is 0 Å². The molecule has 0 rings (SSSR count). The van der Waals surface area contributed by atoms with Crippen molar-refractivity contribution < 1.29 is 9.84 Å². The molecule has 0 aliphatic rings. The first-order valence-electron chi connectivity index (χ1n) is 7.57. The molecule has 0 bridgehead atoms. The van der Waals surface area contributed by atoms with E-state index in [-0.39, 0.29) is 6.10 Å². The largest absolute Gasteiger partial charge is 0.393 e. The van der Waals surface area contributed by atoms with Gasteiger partial charge in [-0.2, -0.15) is 0 Å². The zero-order valence-corrected chi connectivity index (χ0v) is 11.9. The van der Waals surface area contributed by atoms with E-state index < -0.39 is 0 Å². The molecule has 0 aliphatic carbocycles. The van der Waals surface area contributed by atoms with E-state index in [0.717, 1.165) is 19.4 Å². The van der Waals surface area contributed by atoms with Gasteiger partial charge in [0.05, 0.1) is 6.10 Å². The predicted molar refractivity (Wildman–Crippen MR) is 74.3 cm³/mol. The zero-order chi connectivity index (χ0) is 12.8. The van der Waals surface area contributed by atoms with E-state index in [9.17, 15) is 5.11 Å². The SMILES string of the molecule is CCCCCCCCCCC(O)CCOCC. The highest BCUT2D eigenvalue weighted by Crippen LogP contribution is 2.11. The summed E-state index contributed by atoms with van der Waals surface area (Å²) in [6, 6.07) is 0. The Morgan fingerprint density at radius 1 is 0.824 bits per heavy atom. The van der Waals surface area contributed by atoms with E-state index >= 15 is 0 Å². The van der Waals surface area contributed by atoms with E-state index in [4.69, 9.17) is 4.74 Å². The third-order valence-electron chi connectivity index (χ3n) is 3.19. The van der Waals surface area contributed by atoms with Gasteiger partial charge in [0.2, 0.25) is 0 Å². The van der Waals surface area contributed by atoms with E-state index in [1.54, 1.807) is 0 Å². The molecule has 0 heterocycles. The Bertz CT molecular complexity index is 137. The maximum Gasteiger partial charge on any atom is 0.0562 e. The average Bonchev–Trinajstić information content (AvgIpc) is 2.33. The number of hydrogen-bond donors (Lipinski definition) is 1. The molecule has 1 N–H and O–H groups in total. The highest BCUT2D eigenvalue weighted by molar-refractivity contribution is 4.56. The van der Waals surface area contributed by atoms with Crippen molar-refractivity contribution in [2.45, 2.75) is 84.2 Å². The van der Waals surface area contributed by atoms with Crippen molar-refractivity contribution in [3.8, 4) is 0 Å². The van der Waals surface area contributed by atoms with Gasteiger partial charge in [0.1, 0.15) is 0 Å². The molecule has 0 aliphatic heterocycles. The molecule has 0 amide bonds. The monoisotopic (exact) mass is 244 g/mol. The number of rotatable bonds is 13. The molecule has 0 aromatic heterocycles. The highest BCUT2D eigenvalue weighted by Gasteiger charge is 2.03. The molecule has 2 heteroatoms. The second-order valence-corrected chi connectivity index (χ2v) is 4.90. The first-order valence-corrected chi connectivity index (χ1v) is 7.57. The van der Waals surface area contributed by atoms with Crippen LogP contribution in [0, 0.1) is 0 Å². The number of hydrogen-bond acceptors (Lipinski definition) is 2. The van der Waals surface area contributed by atoms with Crippen LogP contribution in [0.25, 0.3) is 0 Å². The first kappa shape index (κ1) is 16.9. The lowest BCUT2D eigenvalue weighted by Gasteiger charge is -2.10. The standard InChI is InChI=1S/C15H32O2/c1-3-5-6-7-8-9-10-11-12-15(16)13-14-17-4-2/h15-16H,3-14H2,1-2H3. The fourth-order valence-corrected chi connectivity index (χ4v) is 2.02. The molecule has 0 aromatic carbocycles. The Balaban J connectivity index is 3.05. The van der Waals surface area contributed by atoms with Gasteiger partial charge in [-0.3, -0.25) is 0 Å². The summed E-state index contributed by atoms with van der Waals surface area (Å²) in [6.45, 7) is 5.70. The van der Waals surface area contributed by atoms with E-state index in [0.29, 0.717) is 6.61 Å². The topological polar surface area (TPSA) is 29.5 Å². The highest BCUT2D eigenvalue weighted by atomic mass is 16.5. The van der Waals surface area contributed by atoms with Gasteiger partial charge in [0, 0.05) is 13.2 Å². The molecule has 0 saturated heterocycles. The first-order chi connectivity index (χ1) is 8.31. The van der Waals surface area contributed by atoms with Gasteiger partial charge in [-0.1, -0.05) is 58.3 Å². The van der Waals surface area contributed by atoms with Gasteiger partial charge in [0.25, 0.3) is 0 Å². The minimum Gasteiger partial charge on any atom is -0.393 e. The molecule has 0 spiro atoms. The van der Waals surface area contributed by atoms with E-state index in [1.807, 2.05) is 6.92 Å². The normalized spacial score (nSPS) is 12.9. The third kappa shape index (κ3) is 13.9. The maximum atomic E-state index is 9.67. The Kier molecular flexibility index (Phi) is 13.9. The van der Waals surface area contributed by atoms with Crippen molar-refractivity contribution >= 4 is 0 Å². The number of ether oxygens (including phenoxy) is 1. The Morgan fingerprint density at radius 3 is 2.00 bits per heavy atom. The van der Waals surface area contributed by atoms with Gasteiger partial charge in [0.15, 0.2) is 0 Å². The van der Waals surface area contributed by atoms with Crippen LogP contribution in [0.3, 0.4) is 0 Å². The molecule has 0 radical (unpaired) electrons. The van der Waals surface area contributed by atoms with Crippen LogP contribution in [0.1, 0.15) is 78.1 Å². The van der Waals surface area contributed by atoms with Gasteiger partial charge < -0.3 is 9.84 Å². The average molecular weight is 244 g/mol. The summed E-state index contributed by atoms with van der Waals surface area (Å²) in [5.41, 5.74) is 0. The molecule has 17 heavy (non-hydrogen) atoms. The molecule has 2 nitrogen and oxygen atoms in total. The minimum absolute atomic E-state index is 0.151. The summed E-state index contributed by atoms with van der Waals surface area (Å²) in [5.74, 6) is 0. The number of aliphatic hydroxyl groups is 1. The molecule has 104 valence electrons. The molecule has 1 unspecified atom stereocenters. The maximum absolute atomic E-state index is 9.67. The lowest BCUT2D eigenvalue weighted by molar-refractivity contribution is 0.0828. The van der Waals surface area contributed by atoms with E-state index in [2.05, 4.69) is 6.92 Å². The van der Waals surface area contributed by atoms with Gasteiger partial charge in [-0.25, -0.2) is 0 Å². The van der Waals surface area contributed by atoms with Gasteiger partial charge >= 0.3 is 0 Å². The third-order valence-corrected chi connectivity index (χ3v) is 3.19. The molecule has 0 saturated carbocycles. The second kappa shape index (κ2) is 14.0. The lowest BCUT2D eigenvalue weighted by atomic mass is 10.0. The van der Waals surface area contributed by atoms with Crippen LogP contribution in [0.5, 0.6) is 0 Å². The number of unbranched alkanes of at least 4 members (excludes halogenated alkanes) is 7.